The molecule has 4 heteroatoms. The van der Waals surface area contributed by atoms with Gasteiger partial charge in [0.1, 0.15) is 6.04 Å². The van der Waals surface area contributed by atoms with E-state index in [0.717, 1.165) is 23.2 Å². The summed E-state index contributed by atoms with van der Waals surface area (Å²) in [4.78, 5) is 14.0. The highest BCUT2D eigenvalue weighted by Gasteiger charge is 2.26. The lowest BCUT2D eigenvalue weighted by molar-refractivity contribution is -0.132. The predicted molar refractivity (Wildman–Crippen MR) is 73.6 cm³/mol. The molecular weight excluding hydrogens is 238 g/mol. The van der Waals surface area contributed by atoms with E-state index in [1.54, 1.807) is 4.90 Å². The molecule has 0 saturated carbocycles. The molecule has 0 radical (unpaired) electrons. The van der Waals surface area contributed by atoms with Gasteiger partial charge in [-0.3, -0.25) is 4.79 Å². The molecule has 4 nitrogen and oxygen atoms in total. The van der Waals surface area contributed by atoms with Crippen molar-refractivity contribution in [3.63, 3.8) is 0 Å². The van der Waals surface area contributed by atoms with Crippen LogP contribution in [0.1, 0.15) is 16.7 Å². The van der Waals surface area contributed by atoms with Gasteiger partial charge in [-0.25, -0.2) is 0 Å². The first-order valence-corrected chi connectivity index (χ1v) is 6.57. The molecule has 0 aromatic heterocycles. The van der Waals surface area contributed by atoms with E-state index in [4.69, 9.17) is 5.26 Å². The molecule has 100 valence electrons. The summed E-state index contributed by atoms with van der Waals surface area (Å²) in [6.07, 6.45) is 0.381. The van der Waals surface area contributed by atoms with Gasteiger partial charge in [0.15, 0.2) is 0 Å². The van der Waals surface area contributed by atoms with E-state index in [2.05, 4.69) is 17.5 Å². The fraction of sp³-hybridized carbons (Fsp3) is 0.467. The van der Waals surface area contributed by atoms with Gasteiger partial charge in [0.05, 0.1) is 12.5 Å². The number of benzene rings is 1. The molecule has 1 fully saturated rings. The van der Waals surface area contributed by atoms with Crippen molar-refractivity contribution in [2.75, 3.05) is 19.6 Å². The summed E-state index contributed by atoms with van der Waals surface area (Å²) in [6, 6.07) is 7.99. The van der Waals surface area contributed by atoms with Gasteiger partial charge in [-0.15, -0.1) is 0 Å². The lowest BCUT2D eigenvalue weighted by Gasteiger charge is -2.32. The number of carbonyl (C=O) groups is 1. The summed E-state index contributed by atoms with van der Waals surface area (Å²) < 4.78 is 0. The summed E-state index contributed by atoms with van der Waals surface area (Å²) in [5, 5.41) is 12.2. The second-order valence-corrected chi connectivity index (χ2v) is 5.04. The second kappa shape index (κ2) is 5.85. The predicted octanol–water partition coefficient (Wildman–Crippen LogP) is 1.17. The molecule has 1 unspecified atom stereocenters. The summed E-state index contributed by atoms with van der Waals surface area (Å²) in [5.74, 6) is 0.0433. The Labute approximate surface area is 114 Å². The molecule has 2 rings (SSSR count). The van der Waals surface area contributed by atoms with Crippen LogP contribution in [-0.2, 0) is 11.2 Å². The maximum Gasteiger partial charge on any atom is 0.228 e. The van der Waals surface area contributed by atoms with Gasteiger partial charge in [0.25, 0.3) is 0 Å². The van der Waals surface area contributed by atoms with Gasteiger partial charge >= 0.3 is 0 Å². The first-order chi connectivity index (χ1) is 9.11. The van der Waals surface area contributed by atoms with Crippen LogP contribution in [0.25, 0.3) is 0 Å². The largest absolute Gasteiger partial charge is 0.324 e. The van der Waals surface area contributed by atoms with Crippen LogP contribution in [0.3, 0.4) is 0 Å². The van der Waals surface area contributed by atoms with Gasteiger partial charge in [-0.1, -0.05) is 23.8 Å². The van der Waals surface area contributed by atoms with Crippen molar-refractivity contribution < 1.29 is 4.79 Å². The third kappa shape index (κ3) is 3.12. The highest BCUT2D eigenvalue weighted by molar-refractivity contribution is 5.80. The SMILES string of the molecule is Cc1ccc(C)c(CC(=O)N2CCNCC2C#N)c1. The molecule has 1 atom stereocenters. The van der Waals surface area contributed by atoms with Crippen LogP contribution in [-0.4, -0.2) is 36.5 Å². The van der Waals surface area contributed by atoms with Gasteiger partial charge in [-0.05, 0) is 25.0 Å². The Kier molecular flexibility index (Phi) is 4.18. The van der Waals surface area contributed by atoms with Gasteiger partial charge < -0.3 is 10.2 Å². The summed E-state index contributed by atoms with van der Waals surface area (Å²) in [7, 11) is 0. The van der Waals surface area contributed by atoms with E-state index in [1.807, 2.05) is 26.0 Å². The van der Waals surface area contributed by atoms with Crippen molar-refractivity contribution in [2.24, 2.45) is 0 Å². The highest BCUT2D eigenvalue weighted by atomic mass is 16.2. The number of nitrogens with one attached hydrogen (secondary N) is 1. The minimum atomic E-state index is -0.341. The molecule has 1 aliphatic heterocycles. The van der Waals surface area contributed by atoms with Crippen LogP contribution >= 0.6 is 0 Å². The van der Waals surface area contributed by atoms with Crippen LogP contribution in [0.5, 0.6) is 0 Å². The minimum Gasteiger partial charge on any atom is -0.324 e. The van der Waals surface area contributed by atoms with E-state index in [-0.39, 0.29) is 11.9 Å². The van der Waals surface area contributed by atoms with Crippen molar-refractivity contribution in [3.05, 3.63) is 34.9 Å². The molecule has 19 heavy (non-hydrogen) atoms. The van der Waals surface area contributed by atoms with Crippen LogP contribution < -0.4 is 5.32 Å². The van der Waals surface area contributed by atoms with Crippen LogP contribution in [0.15, 0.2) is 18.2 Å². The van der Waals surface area contributed by atoms with Crippen molar-refractivity contribution in [2.45, 2.75) is 26.3 Å². The average Bonchev–Trinajstić information content (AvgIpc) is 2.42. The van der Waals surface area contributed by atoms with Crippen LogP contribution in [0.4, 0.5) is 0 Å². The normalized spacial score (nSPS) is 19.0. The molecule has 1 heterocycles. The Balaban J connectivity index is 2.12. The van der Waals surface area contributed by atoms with Crippen molar-refractivity contribution in [1.29, 1.82) is 5.26 Å². The number of carbonyl (C=O) groups excluding carboxylic acids is 1. The fourth-order valence-electron chi connectivity index (χ4n) is 2.37. The number of piperazine rings is 1. The zero-order valence-corrected chi connectivity index (χ0v) is 11.4. The van der Waals surface area contributed by atoms with Crippen molar-refractivity contribution in [3.8, 4) is 6.07 Å². The molecule has 1 aromatic rings. The summed E-state index contributed by atoms with van der Waals surface area (Å²) in [5.41, 5.74) is 3.34. The van der Waals surface area contributed by atoms with Gasteiger partial charge in [0, 0.05) is 19.6 Å². The molecular formula is C15H19N3O. The Morgan fingerprint density at radius 3 is 3.05 bits per heavy atom. The highest BCUT2D eigenvalue weighted by Crippen LogP contribution is 2.14. The monoisotopic (exact) mass is 257 g/mol. The van der Waals surface area contributed by atoms with E-state index in [9.17, 15) is 4.79 Å². The molecule has 1 saturated heterocycles. The Morgan fingerprint density at radius 2 is 2.32 bits per heavy atom. The topological polar surface area (TPSA) is 56.1 Å². The zero-order valence-electron chi connectivity index (χ0n) is 11.4. The quantitative estimate of drug-likeness (QED) is 0.865. The van der Waals surface area contributed by atoms with E-state index in [1.165, 1.54) is 0 Å². The molecule has 1 N–H and O–H groups in total. The lowest BCUT2D eigenvalue weighted by Crippen LogP contribution is -2.53. The lowest BCUT2D eigenvalue weighted by atomic mass is 10.0. The maximum absolute atomic E-state index is 12.3. The summed E-state index contributed by atoms with van der Waals surface area (Å²) >= 11 is 0. The number of hydrogen-bond donors (Lipinski definition) is 1. The molecule has 1 aromatic carbocycles. The zero-order chi connectivity index (χ0) is 13.8. The number of nitrogens with zero attached hydrogens (tertiary/aromatic N) is 2. The number of hydrogen-bond acceptors (Lipinski definition) is 3. The molecule has 0 aliphatic carbocycles. The maximum atomic E-state index is 12.3. The molecule has 1 amide bonds. The average molecular weight is 257 g/mol. The number of nitriles is 1. The molecule has 0 spiro atoms. The van der Waals surface area contributed by atoms with Crippen molar-refractivity contribution >= 4 is 5.91 Å². The van der Waals surface area contributed by atoms with E-state index >= 15 is 0 Å². The summed E-state index contributed by atoms with van der Waals surface area (Å²) in [6.45, 7) is 5.98. The third-order valence-corrected chi connectivity index (χ3v) is 3.56. The van der Waals surface area contributed by atoms with Gasteiger partial charge in [-0.2, -0.15) is 5.26 Å². The number of rotatable bonds is 2. The fourth-order valence-corrected chi connectivity index (χ4v) is 2.37. The first kappa shape index (κ1) is 13.6. The molecule has 1 aliphatic rings. The standard InChI is InChI=1S/C15H19N3O/c1-11-3-4-12(2)13(7-11)8-15(19)18-6-5-17-10-14(18)9-16/h3-4,7,14,17H,5-6,8,10H2,1-2H3. The van der Waals surface area contributed by atoms with Crippen molar-refractivity contribution in [1.82, 2.24) is 10.2 Å². The second-order valence-electron chi connectivity index (χ2n) is 5.04. The smallest absolute Gasteiger partial charge is 0.228 e. The van der Waals surface area contributed by atoms with Gasteiger partial charge in [0.2, 0.25) is 5.91 Å². The Hall–Kier alpha value is -1.86. The first-order valence-electron chi connectivity index (χ1n) is 6.57. The third-order valence-electron chi connectivity index (χ3n) is 3.56. The number of amides is 1. The number of aryl methyl sites for hydroxylation is 2. The van der Waals surface area contributed by atoms with Crippen LogP contribution in [0, 0.1) is 25.2 Å². The Morgan fingerprint density at radius 1 is 1.53 bits per heavy atom. The van der Waals surface area contributed by atoms with E-state index < -0.39 is 0 Å². The van der Waals surface area contributed by atoms with Crippen LogP contribution in [0.2, 0.25) is 0 Å². The minimum absolute atomic E-state index is 0.0433. The molecule has 0 bridgehead atoms. The van der Waals surface area contributed by atoms with E-state index in [0.29, 0.717) is 19.5 Å². The Bertz CT molecular complexity index is 519.